The molecule has 0 aliphatic rings. The number of rotatable bonds is 68. The fraction of sp³-hybridized carbons (Fsp3) is 0.884. The molecular formula is C69H124O16S4. The second-order valence-corrected chi connectivity index (χ2v) is 28.3. The number of esters is 8. The summed E-state index contributed by atoms with van der Waals surface area (Å²) in [5.41, 5.74) is -1.49. The van der Waals surface area contributed by atoms with E-state index in [1.54, 1.807) is 0 Å². The maximum atomic E-state index is 13.3. The Labute approximate surface area is 556 Å². The highest BCUT2D eigenvalue weighted by atomic mass is 32.2. The van der Waals surface area contributed by atoms with E-state index in [-0.39, 0.29) is 75.2 Å². The smallest absolute Gasteiger partial charge is 0.306 e. The van der Waals surface area contributed by atoms with Crippen molar-refractivity contribution in [1.82, 2.24) is 0 Å². The van der Waals surface area contributed by atoms with E-state index in [0.717, 1.165) is 77.0 Å². The Kier molecular flexibility index (Phi) is 64.5. The van der Waals surface area contributed by atoms with Crippen molar-refractivity contribution in [2.75, 3.05) is 98.9 Å². The van der Waals surface area contributed by atoms with Gasteiger partial charge in [-0.3, -0.25) is 38.4 Å². The van der Waals surface area contributed by atoms with Crippen LogP contribution in [0.2, 0.25) is 0 Å². The highest BCUT2D eigenvalue weighted by Crippen LogP contribution is 2.24. The van der Waals surface area contributed by atoms with Gasteiger partial charge in [-0.2, -0.15) is 47.0 Å². The molecule has 0 aromatic rings. The highest BCUT2D eigenvalue weighted by Gasteiger charge is 2.38. The van der Waals surface area contributed by atoms with Gasteiger partial charge in [-0.15, -0.1) is 0 Å². The number of thioether (sulfide) groups is 4. The Morgan fingerprint density at radius 2 is 0.360 bits per heavy atom. The molecule has 20 heteroatoms. The number of carbonyl (C=O) groups is 8. The van der Waals surface area contributed by atoms with Crippen LogP contribution in [0, 0.1) is 5.41 Å². The minimum atomic E-state index is -1.49. The van der Waals surface area contributed by atoms with Gasteiger partial charge in [0.25, 0.3) is 0 Å². The van der Waals surface area contributed by atoms with Gasteiger partial charge in [0.15, 0.2) is 0 Å². The Hall–Kier alpha value is -2.84. The molecule has 0 radical (unpaired) electrons. The first-order chi connectivity index (χ1) is 43.4. The molecule has 0 bridgehead atoms. The molecule has 0 aliphatic heterocycles. The molecule has 0 spiro atoms. The molecule has 0 unspecified atom stereocenters. The molecule has 0 saturated heterocycles. The first kappa shape index (κ1) is 86.2. The highest BCUT2D eigenvalue weighted by molar-refractivity contribution is 7.99. The van der Waals surface area contributed by atoms with Gasteiger partial charge in [0.1, 0.15) is 31.8 Å². The van der Waals surface area contributed by atoms with Crippen LogP contribution in [0.1, 0.15) is 285 Å². The van der Waals surface area contributed by atoms with Crippen molar-refractivity contribution in [2.45, 2.75) is 285 Å². The zero-order chi connectivity index (χ0) is 65.2. The molecule has 0 aromatic heterocycles. The predicted molar refractivity (Wildman–Crippen MR) is 367 cm³/mol. The predicted octanol–water partition coefficient (Wildman–Crippen LogP) is 16.9. The van der Waals surface area contributed by atoms with E-state index >= 15 is 0 Å². The number of unbranched alkanes of at least 4 members (excludes halogenated alkanes) is 28. The zero-order valence-electron chi connectivity index (χ0n) is 56.3. The van der Waals surface area contributed by atoms with Crippen LogP contribution in [0.5, 0.6) is 0 Å². The van der Waals surface area contributed by atoms with E-state index in [1.165, 1.54) is 175 Å². The first-order valence-corrected chi connectivity index (χ1v) is 39.6. The lowest BCUT2D eigenvalue weighted by Crippen LogP contribution is -2.44. The van der Waals surface area contributed by atoms with Crippen LogP contribution in [0.15, 0.2) is 0 Å². The maximum absolute atomic E-state index is 13.3. The Morgan fingerprint density at radius 3 is 0.528 bits per heavy atom. The molecule has 0 fully saturated rings. The van der Waals surface area contributed by atoms with Crippen molar-refractivity contribution in [1.29, 1.82) is 0 Å². The topological polar surface area (TPSA) is 210 Å². The van der Waals surface area contributed by atoms with Crippen molar-refractivity contribution >= 4 is 94.8 Å². The van der Waals surface area contributed by atoms with Gasteiger partial charge in [0.05, 0.1) is 77.8 Å². The van der Waals surface area contributed by atoms with E-state index in [0.29, 0.717) is 72.5 Å². The van der Waals surface area contributed by atoms with Gasteiger partial charge in [-0.25, -0.2) is 0 Å². The summed E-state index contributed by atoms with van der Waals surface area (Å²) in [6.45, 7) is 8.73. The van der Waals surface area contributed by atoms with Crippen molar-refractivity contribution in [3.63, 3.8) is 0 Å². The molecule has 0 atom stereocenters. The van der Waals surface area contributed by atoms with Gasteiger partial charge in [0, 0.05) is 46.0 Å². The summed E-state index contributed by atoms with van der Waals surface area (Å²) < 4.78 is 44.8. The van der Waals surface area contributed by atoms with Crippen LogP contribution in [0.3, 0.4) is 0 Å². The van der Waals surface area contributed by atoms with Crippen molar-refractivity contribution in [2.24, 2.45) is 5.41 Å². The molecule has 89 heavy (non-hydrogen) atoms. The van der Waals surface area contributed by atoms with Crippen LogP contribution in [-0.2, 0) is 76.3 Å². The van der Waals surface area contributed by atoms with Gasteiger partial charge < -0.3 is 37.9 Å². The largest absolute Gasteiger partial charge is 0.466 e. The number of carbonyl (C=O) groups excluding carboxylic acids is 8. The summed E-state index contributed by atoms with van der Waals surface area (Å²) in [5, 5.41) is 0. The second kappa shape index (κ2) is 66.6. The van der Waals surface area contributed by atoms with Gasteiger partial charge in [0.2, 0.25) is 0 Å². The lowest BCUT2D eigenvalue weighted by molar-refractivity contribution is -0.170. The Bertz CT molecular complexity index is 1490. The average Bonchev–Trinajstić information content (AvgIpc) is 3.50. The number of ether oxygens (including phenoxy) is 8. The Balaban J connectivity index is 5.67. The van der Waals surface area contributed by atoms with E-state index in [4.69, 9.17) is 37.9 Å². The van der Waals surface area contributed by atoms with Crippen molar-refractivity contribution in [3.8, 4) is 0 Å². The third-order valence-corrected chi connectivity index (χ3v) is 18.7. The molecule has 0 N–H and O–H groups in total. The summed E-state index contributed by atoms with van der Waals surface area (Å²) in [6, 6.07) is 0. The minimum absolute atomic E-state index is 0.00864. The van der Waals surface area contributed by atoms with Crippen LogP contribution in [0.4, 0.5) is 0 Å². The van der Waals surface area contributed by atoms with Crippen LogP contribution < -0.4 is 0 Å². The van der Waals surface area contributed by atoms with Crippen LogP contribution in [-0.4, -0.2) is 147 Å². The second-order valence-electron chi connectivity index (χ2n) is 23.4. The van der Waals surface area contributed by atoms with E-state index < -0.39 is 55.7 Å². The van der Waals surface area contributed by atoms with E-state index in [2.05, 4.69) is 27.7 Å². The monoisotopic (exact) mass is 1340 g/mol. The molecule has 520 valence electrons. The van der Waals surface area contributed by atoms with Crippen LogP contribution in [0.25, 0.3) is 0 Å². The summed E-state index contributed by atoms with van der Waals surface area (Å²) in [5.74, 6) is -0.202. The van der Waals surface area contributed by atoms with Crippen LogP contribution >= 0.6 is 47.0 Å². The fourth-order valence-electron chi connectivity index (χ4n) is 9.10. The zero-order valence-corrected chi connectivity index (χ0v) is 59.5. The molecule has 0 saturated carbocycles. The van der Waals surface area contributed by atoms with Gasteiger partial charge in [-0.05, 0) is 25.7 Å². The third-order valence-electron chi connectivity index (χ3n) is 14.8. The lowest BCUT2D eigenvalue weighted by Gasteiger charge is -2.31. The standard InChI is InChI=1S/C69H124O16S4/c1-5-9-13-17-21-25-29-33-45-78-61(70)37-49-86-53-41-65(74)82-57-69(58-83-66(75)42-54-87-50-38-62(71)79-46-34-30-26-22-18-14-10-6-2,59-84-67(76)43-55-88-51-39-63(72)80-47-35-31-27-23-19-15-11-7-3)60-85-68(77)44-56-89-52-40-64(73)81-48-36-32-28-24-20-16-12-8-4/h5-60H2,1-4H3. The maximum Gasteiger partial charge on any atom is 0.306 e. The summed E-state index contributed by atoms with van der Waals surface area (Å²) in [4.78, 5) is 103. The molecule has 16 nitrogen and oxygen atoms in total. The fourth-order valence-corrected chi connectivity index (χ4v) is 12.4. The van der Waals surface area contributed by atoms with E-state index in [1.807, 2.05) is 0 Å². The molecule has 0 amide bonds. The average molecular weight is 1340 g/mol. The first-order valence-electron chi connectivity index (χ1n) is 35.0. The third kappa shape index (κ3) is 62.4. The SMILES string of the molecule is CCCCCCCCCCOC(=O)CCSCCC(=O)OCC(COC(=O)CCSCCC(=O)OCCCCCCCCCC)(COC(=O)CCSCCC(=O)OCCCCCCCCCC)COC(=O)CCSCCC(=O)OCCCCCCCCCC. The minimum Gasteiger partial charge on any atom is -0.466 e. The van der Waals surface area contributed by atoms with Crippen molar-refractivity contribution in [3.05, 3.63) is 0 Å². The molecule has 0 rings (SSSR count). The summed E-state index contributed by atoms with van der Waals surface area (Å²) in [7, 11) is 0. The number of hydrogen-bond acceptors (Lipinski definition) is 20. The van der Waals surface area contributed by atoms with E-state index in [9.17, 15) is 38.4 Å². The molecule has 0 aliphatic carbocycles. The molecule has 0 aromatic carbocycles. The molecular weight excluding hydrogens is 1210 g/mol. The quantitative estimate of drug-likeness (QED) is 0.0315. The Morgan fingerprint density at radius 1 is 0.213 bits per heavy atom. The normalized spacial score (nSPS) is 11.3. The van der Waals surface area contributed by atoms with Crippen molar-refractivity contribution < 1.29 is 76.3 Å². The van der Waals surface area contributed by atoms with Gasteiger partial charge >= 0.3 is 47.8 Å². The molecule has 0 heterocycles. The van der Waals surface area contributed by atoms with Gasteiger partial charge in [-0.1, -0.05) is 207 Å². The summed E-state index contributed by atoms with van der Waals surface area (Å²) in [6.07, 6.45) is 37.6. The lowest BCUT2D eigenvalue weighted by atomic mass is 9.92. The number of hydrogen-bond donors (Lipinski definition) is 0. The summed E-state index contributed by atoms with van der Waals surface area (Å²) >= 11 is 5.65.